The van der Waals surface area contributed by atoms with Crippen LogP contribution in [-0.2, 0) is 13.6 Å². The quantitative estimate of drug-likeness (QED) is 0.252. The van der Waals surface area contributed by atoms with E-state index in [2.05, 4.69) is 61.0 Å². The second kappa shape index (κ2) is 12.8. The summed E-state index contributed by atoms with van der Waals surface area (Å²) in [6.45, 7) is 11.4. The summed E-state index contributed by atoms with van der Waals surface area (Å²) < 4.78 is 23.4. The largest absolute Gasteiger partial charge is 0.477 e. The molecule has 0 aromatic carbocycles. The Morgan fingerprint density at radius 3 is 2.58 bits per heavy atom. The first-order valence-electron chi connectivity index (χ1n) is 14.2. The van der Waals surface area contributed by atoms with Gasteiger partial charge in [-0.05, 0) is 37.7 Å². The fourth-order valence-corrected chi connectivity index (χ4v) is 5.15. The highest BCUT2D eigenvalue weighted by Gasteiger charge is 2.25. The Balaban J connectivity index is 1.29. The van der Waals surface area contributed by atoms with Crippen molar-refractivity contribution < 1.29 is 9.13 Å². The van der Waals surface area contributed by atoms with Crippen LogP contribution in [0.25, 0.3) is 22.6 Å². The van der Waals surface area contributed by atoms with E-state index >= 15 is 4.39 Å². The summed E-state index contributed by atoms with van der Waals surface area (Å²) in [5.41, 5.74) is 9.19. The number of aryl methyl sites for hydroxylation is 2. The Labute approximate surface area is 256 Å². The van der Waals surface area contributed by atoms with Crippen LogP contribution in [0.1, 0.15) is 25.1 Å². The summed E-state index contributed by atoms with van der Waals surface area (Å²) in [5.74, 6) is 0.971. The molecule has 1 fully saturated rings. The molecule has 4 aromatic heterocycles. The topological polar surface area (TPSA) is 123 Å². The third-order valence-corrected chi connectivity index (χ3v) is 7.66. The maximum atomic E-state index is 15.4. The van der Waals surface area contributed by atoms with Crippen molar-refractivity contribution in [3.05, 3.63) is 59.0 Å². The summed E-state index contributed by atoms with van der Waals surface area (Å²) in [6.07, 6.45) is 4.90. The number of hydrogen-bond donors (Lipinski definition) is 2. The molecule has 1 aliphatic heterocycles. The molecule has 0 saturated carbocycles. The number of likely N-dealkylation sites (N-methyl/N-ethyl adjacent to an activating group) is 1. The summed E-state index contributed by atoms with van der Waals surface area (Å²) in [4.78, 5) is 22.0. The Morgan fingerprint density at radius 1 is 1.09 bits per heavy atom. The van der Waals surface area contributed by atoms with E-state index < -0.39 is 5.82 Å². The Hall–Kier alpha value is -3.87. The van der Waals surface area contributed by atoms with Gasteiger partial charge in [0.05, 0.1) is 12.3 Å². The highest BCUT2D eigenvalue weighted by Crippen LogP contribution is 2.34. The lowest BCUT2D eigenvalue weighted by Crippen LogP contribution is -2.43. The van der Waals surface area contributed by atoms with Crippen LogP contribution in [0.5, 0.6) is 5.88 Å². The number of nitrogens with two attached hydrogens (primary N) is 1. The lowest BCUT2D eigenvalue weighted by atomic mass is 9.94. The average Bonchev–Trinajstić information content (AvgIpc) is 3.25. The van der Waals surface area contributed by atoms with E-state index in [9.17, 15) is 0 Å². The van der Waals surface area contributed by atoms with Gasteiger partial charge < -0.3 is 20.7 Å². The van der Waals surface area contributed by atoms with Gasteiger partial charge in [-0.15, -0.1) is 0 Å². The standard InChI is InChI=1S/C30H38ClFN10O/c1-19-26(28-34-7-6-25(33)38-28)29(41(5)39-19)43-18-30(2,3)17-37-23-13-24(31)35-15-21(23)27-22(32)12-20(14-36-27)16-42-10-8-40(4)9-11-42/h6-7,12-15H,8-11,16-18H2,1-5H3,(H,35,37)(H2,33,34,38). The van der Waals surface area contributed by atoms with Gasteiger partial charge in [0.25, 0.3) is 0 Å². The molecule has 1 saturated heterocycles. The van der Waals surface area contributed by atoms with Gasteiger partial charge in [0.1, 0.15) is 28.0 Å². The molecule has 13 heteroatoms. The molecular formula is C30H38ClFN10O. The predicted molar refractivity (Wildman–Crippen MR) is 166 cm³/mol. The number of piperazine rings is 1. The van der Waals surface area contributed by atoms with Crippen molar-refractivity contribution in [1.29, 1.82) is 0 Å². The molecule has 0 unspecified atom stereocenters. The lowest BCUT2D eigenvalue weighted by molar-refractivity contribution is 0.148. The van der Waals surface area contributed by atoms with Gasteiger partial charge >= 0.3 is 0 Å². The number of nitrogens with one attached hydrogen (secondary N) is 1. The van der Waals surface area contributed by atoms with E-state index in [1.54, 1.807) is 41.5 Å². The van der Waals surface area contributed by atoms with Crippen LogP contribution in [0.2, 0.25) is 5.15 Å². The highest BCUT2D eigenvalue weighted by molar-refractivity contribution is 6.29. The van der Waals surface area contributed by atoms with Crippen LogP contribution in [0.4, 0.5) is 15.9 Å². The van der Waals surface area contributed by atoms with Crippen molar-refractivity contribution in [2.45, 2.75) is 27.3 Å². The molecule has 4 aromatic rings. The third kappa shape index (κ3) is 7.38. The highest BCUT2D eigenvalue weighted by atomic mass is 35.5. The molecule has 0 radical (unpaired) electrons. The SMILES string of the molecule is Cc1nn(C)c(OCC(C)(C)CNc2cc(Cl)ncc2-c2ncc(CN3CCN(C)CC3)cc2F)c1-c1nccc(N)n1. The van der Waals surface area contributed by atoms with Gasteiger partial charge in [0.2, 0.25) is 5.88 Å². The number of aromatic nitrogens is 6. The minimum absolute atomic E-state index is 0.222. The van der Waals surface area contributed by atoms with E-state index in [1.807, 2.05) is 14.0 Å². The minimum atomic E-state index is -0.399. The smallest absolute Gasteiger partial charge is 0.223 e. The molecule has 0 amide bonds. The molecule has 0 bridgehead atoms. The number of pyridine rings is 2. The Kier molecular flexibility index (Phi) is 9.09. The number of ether oxygens (including phenoxy) is 1. The van der Waals surface area contributed by atoms with Crippen LogP contribution >= 0.6 is 11.6 Å². The summed E-state index contributed by atoms with van der Waals surface area (Å²) >= 11 is 6.26. The van der Waals surface area contributed by atoms with Gasteiger partial charge in [0, 0.05) is 81.6 Å². The summed E-state index contributed by atoms with van der Waals surface area (Å²) in [7, 11) is 3.93. The minimum Gasteiger partial charge on any atom is -0.477 e. The second-order valence-electron chi connectivity index (χ2n) is 11.8. The van der Waals surface area contributed by atoms with Gasteiger partial charge in [-0.25, -0.2) is 24.0 Å². The predicted octanol–water partition coefficient (Wildman–Crippen LogP) is 4.28. The van der Waals surface area contributed by atoms with Gasteiger partial charge in [-0.2, -0.15) is 5.10 Å². The van der Waals surface area contributed by atoms with Crippen LogP contribution in [0, 0.1) is 18.2 Å². The van der Waals surface area contributed by atoms with Crippen LogP contribution in [0.15, 0.2) is 36.8 Å². The van der Waals surface area contributed by atoms with Crippen molar-refractivity contribution in [3.8, 4) is 28.5 Å². The Morgan fingerprint density at radius 2 is 1.86 bits per heavy atom. The molecule has 5 heterocycles. The van der Waals surface area contributed by atoms with Crippen LogP contribution in [0.3, 0.4) is 0 Å². The van der Waals surface area contributed by atoms with Gasteiger partial charge in [-0.3, -0.25) is 9.88 Å². The molecule has 1 aliphatic rings. The monoisotopic (exact) mass is 608 g/mol. The van der Waals surface area contributed by atoms with Gasteiger partial charge in [-0.1, -0.05) is 25.4 Å². The zero-order valence-electron chi connectivity index (χ0n) is 25.2. The molecule has 11 nitrogen and oxygen atoms in total. The van der Waals surface area contributed by atoms with E-state index in [1.165, 1.54) is 0 Å². The van der Waals surface area contributed by atoms with E-state index in [0.717, 1.165) is 37.4 Å². The third-order valence-electron chi connectivity index (χ3n) is 7.45. The van der Waals surface area contributed by atoms with Gasteiger partial charge in [0.15, 0.2) is 5.82 Å². The summed E-state index contributed by atoms with van der Waals surface area (Å²) in [5, 5.41) is 8.23. The fraction of sp³-hybridized carbons (Fsp3) is 0.433. The first-order valence-corrected chi connectivity index (χ1v) is 14.6. The van der Waals surface area contributed by atoms with Crippen molar-refractivity contribution in [2.75, 3.05) is 57.4 Å². The molecule has 3 N–H and O–H groups in total. The molecule has 0 spiro atoms. The van der Waals surface area contributed by atoms with Crippen molar-refractivity contribution in [3.63, 3.8) is 0 Å². The van der Waals surface area contributed by atoms with Crippen LogP contribution in [-0.4, -0.2) is 85.9 Å². The van der Waals surface area contributed by atoms with Crippen LogP contribution < -0.4 is 15.8 Å². The molecular weight excluding hydrogens is 571 g/mol. The average molecular weight is 609 g/mol. The maximum Gasteiger partial charge on any atom is 0.223 e. The molecule has 0 atom stereocenters. The molecule has 228 valence electrons. The zero-order valence-corrected chi connectivity index (χ0v) is 26.0. The maximum absolute atomic E-state index is 15.4. The molecule has 5 rings (SSSR count). The number of nitrogens with zero attached hydrogens (tertiary/aromatic N) is 8. The van der Waals surface area contributed by atoms with Crippen molar-refractivity contribution in [1.82, 2.24) is 39.5 Å². The molecule has 0 aliphatic carbocycles. The first kappa shape index (κ1) is 30.6. The van der Waals surface area contributed by atoms with E-state index in [4.69, 9.17) is 22.1 Å². The van der Waals surface area contributed by atoms with E-state index in [0.29, 0.717) is 59.2 Å². The van der Waals surface area contributed by atoms with E-state index in [-0.39, 0.29) is 11.1 Å². The Bertz CT molecular complexity index is 1590. The number of anilines is 2. The number of nitrogen functional groups attached to an aromatic ring is 1. The lowest BCUT2D eigenvalue weighted by Gasteiger charge is -2.32. The first-order chi connectivity index (χ1) is 20.5. The fourth-order valence-electron chi connectivity index (χ4n) is 4.99. The van der Waals surface area contributed by atoms with Crippen molar-refractivity contribution >= 4 is 23.1 Å². The number of rotatable bonds is 10. The number of hydrogen-bond acceptors (Lipinski definition) is 10. The second-order valence-corrected chi connectivity index (χ2v) is 12.2. The molecule has 43 heavy (non-hydrogen) atoms. The zero-order chi connectivity index (χ0) is 30.7. The van der Waals surface area contributed by atoms with Crippen molar-refractivity contribution in [2.24, 2.45) is 12.5 Å². The summed E-state index contributed by atoms with van der Waals surface area (Å²) in [6, 6.07) is 4.88. The number of halogens is 2. The normalized spacial score (nSPS) is 14.7.